The van der Waals surface area contributed by atoms with Crippen LogP contribution in [0.1, 0.15) is 26.2 Å². The van der Waals surface area contributed by atoms with Crippen LogP contribution >= 0.6 is 11.8 Å². The number of aliphatic carboxylic acids is 1. The first-order valence-corrected chi connectivity index (χ1v) is 6.84. The first-order chi connectivity index (χ1) is 7.13. The highest BCUT2D eigenvalue weighted by Crippen LogP contribution is 2.32. The van der Waals surface area contributed by atoms with Crippen LogP contribution in [0.4, 0.5) is 0 Å². The minimum absolute atomic E-state index is 0.590. The van der Waals surface area contributed by atoms with Crippen molar-refractivity contribution in [3.05, 3.63) is 0 Å². The molecule has 2 aliphatic rings. The second kappa shape index (κ2) is 4.34. The third-order valence-corrected chi connectivity index (χ3v) is 4.98. The molecule has 2 aliphatic heterocycles. The van der Waals surface area contributed by atoms with Gasteiger partial charge in [-0.3, -0.25) is 9.69 Å². The van der Waals surface area contributed by atoms with E-state index in [-0.39, 0.29) is 0 Å². The van der Waals surface area contributed by atoms with Crippen LogP contribution in [0.3, 0.4) is 0 Å². The summed E-state index contributed by atoms with van der Waals surface area (Å²) in [5.41, 5.74) is -0.590. The van der Waals surface area contributed by atoms with Crippen LogP contribution in [-0.2, 0) is 4.79 Å². The minimum atomic E-state index is -0.648. The molecule has 0 radical (unpaired) electrons. The summed E-state index contributed by atoms with van der Waals surface area (Å²) in [4.78, 5) is 13.4. The quantitative estimate of drug-likeness (QED) is 0.799. The molecular formula is C11H19NO2S. The number of nitrogens with zero attached hydrogens (tertiary/aromatic N) is 1. The van der Waals surface area contributed by atoms with Crippen LogP contribution < -0.4 is 0 Å². The van der Waals surface area contributed by atoms with E-state index in [1.165, 1.54) is 17.9 Å². The average molecular weight is 229 g/mol. The number of carbonyl (C=O) groups is 1. The summed E-state index contributed by atoms with van der Waals surface area (Å²) >= 11 is 2.00. The van der Waals surface area contributed by atoms with Gasteiger partial charge in [-0.1, -0.05) is 0 Å². The topological polar surface area (TPSA) is 40.5 Å². The van der Waals surface area contributed by atoms with Crippen molar-refractivity contribution < 1.29 is 9.90 Å². The van der Waals surface area contributed by atoms with Gasteiger partial charge in [0.05, 0.1) is 0 Å². The number of hydrogen-bond donors (Lipinski definition) is 1. The van der Waals surface area contributed by atoms with Gasteiger partial charge in [0.2, 0.25) is 0 Å². The monoisotopic (exact) mass is 229 g/mol. The van der Waals surface area contributed by atoms with Gasteiger partial charge in [-0.15, -0.1) is 0 Å². The SMILES string of the molecule is CC1(C(=O)O)CCCN1CC1CCSC1. The van der Waals surface area contributed by atoms with E-state index in [2.05, 4.69) is 4.90 Å². The number of carboxylic acid groups (broad SMARTS) is 1. The molecule has 0 aliphatic carbocycles. The van der Waals surface area contributed by atoms with E-state index in [0.29, 0.717) is 5.92 Å². The third kappa shape index (κ3) is 2.16. The largest absolute Gasteiger partial charge is 0.480 e. The Kier molecular flexibility index (Phi) is 3.26. The smallest absolute Gasteiger partial charge is 0.323 e. The lowest BCUT2D eigenvalue weighted by atomic mass is 9.98. The summed E-state index contributed by atoms with van der Waals surface area (Å²) in [7, 11) is 0. The van der Waals surface area contributed by atoms with Gasteiger partial charge in [-0.05, 0) is 50.2 Å². The minimum Gasteiger partial charge on any atom is -0.480 e. The molecule has 4 heteroatoms. The molecule has 3 nitrogen and oxygen atoms in total. The first kappa shape index (κ1) is 11.3. The summed E-state index contributed by atoms with van der Waals surface area (Å²) in [5.74, 6) is 2.53. The van der Waals surface area contributed by atoms with Crippen molar-refractivity contribution in [1.29, 1.82) is 0 Å². The number of thioether (sulfide) groups is 1. The molecule has 2 atom stereocenters. The average Bonchev–Trinajstić information content (AvgIpc) is 2.78. The number of likely N-dealkylation sites (tertiary alicyclic amines) is 1. The van der Waals surface area contributed by atoms with Crippen LogP contribution in [0.25, 0.3) is 0 Å². The maximum Gasteiger partial charge on any atom is 0.323 e. The van der Waals surface area contributed by atoms with Gasteiger partial charge in [0, 0.05) is 6.54 Å². The highest BCUT2D eigenvalue weighted by atomic mass is 32.2. The molecule has 2 fully saturated rings. The van der Waals surface area contributed by atoms with Crippen LogP contribution in [0.2, 0.25) is 0 Å². The van der Waals surface area contributed by atoms with Gasteiger partial charge in [-0.25, -0.2) is 0 Å². The molecule has 0 spiro atoms. The summed E-state index contributed by atoms with van der Waals surface area (Å²) in [6.45, 7) is 3.82. The maximum absolute atomic E-state index is 11.3. The molecule has 0 amide bonds. The molecular weight excluding hydrogens is 210 g/mol. The predicted octanol–water partition coefficient (Wildman–Crippen LogP) is 1.68. The van der Waals surface area contributed by atoms with Crippen molar-refractivity contribution in [3.8, 4) is 0 Å². The van der Waals surface area contributed by atoms with Crippen molar-refractivity contribution in [3.63, 3.8) is 0 Å². The Balaban J connectivity index is 1.98. The first-order valence-electron chi connectivity index (χ1n) is 5.69. The lowest BCUT2D eigenvalue weighted by molar-refractivity contribution is -0.148. The van der Waals surface area contributed by atoms with Crippen LogP contribution in [0.15, 0.2) is 0 Å². The fourth-order valence-electron chi connectivity index (χ4n) is 2.59. The third-order valence-electron chi connectivity index (χ3n) is 3.75. The summed E-state index contributed by atoms with van der Waals surface area (Å²) < 4.78 is 0. The van der Waals surface area contributed by atoms with Crippen molar-refractivity contribution in [2.24, 2.45) is 5.92 Å². The van der Waals surface area contributed by atoms with Gasteiger partial charge in [0.1, 0.15) is 5.54 Å². The van der Waals surface area contributed by atoms with Gasteiger partial charge < -0.3 is 5.11 Å². The Hall–Kier alpha value is -0.220. The van der Waals surface area contributed by atoms with Crippen molar-refractivity contribution in [2.75, 3.05) is 24.6 Å². The molecule has 0 aromatic rings. The molecule has 1 N–H and O–H groups in total. The Morgan fingerprint density at radius 3 is 3.07 bits per heavy atom. The van der Waals surface area contributed by atoms with Crippen molar-refractivity contribution in [2.45, 2.75) is 31.7 Å². The van der Waals surface area contributed by atoms with E-state index in [0.717, 1.165) is 25.9 Å². The number of hydrogen-bond acceptors (Lipinski definition) is 3. The van der Waals surface area contributed by atoms with Crippen molar-refractivity contribution in [1.82, 2.24) is 4.90 Å². The van der Waals surface area contributed by atoms with Crippen LogP contribution in [0.5, 0.6) is 0 Å². The molecule has 15 heavy (non-hydrogen) atoms. The zero-order chi connectivity index (χ0) is 10.9. The van der Waals surface area contributed by atoms with E-state index in [9.17, 15) is 9.90 Å². The van der Waals surface area contributed by atoms with E-state index in [4.69, 9.17) is 0 Å². The van der Waals surface area contributed by atoms with Gasteiger partial charge in [0.15, 0.2) is 0 Å². The Morgan fingerprint density at radius 2 is 2.47 bits per heavy atom. The molecule has 2 saturated heterocycles. The molecule has 0 saturated carbocycles. The highest BCUT2D eigenvalue weighted by molar-refractivity contribution is 7.99. The predicted molar refractivity (Wildman–Crippen MR) is 62.3 cm³/mol. The lowest BCUT2D eigenvalue weighted by Gasteiger charge is -2.32. The highest BCUT2D eigenvalue weighted by Gasteiger charge is 2.43. The van der Waals surface area contributed by atoms with E-state index in [1.807, 2.05) is 18.7 Å². The summed E-state index contributed by atoms with van der Waals surface area (Å²) in [6, 6.07) is 0. The lowest BCUT2D eigenvalue weighted by Crippen LogP contribution is -2.49. The van der Waals surface area contributed by atoms with Crippen LogP contribution in [0, 0.1) is 5.92 Å². The second-order valence-corrected chi connectivity index (χ2v) is 6.01. The molecule has 0 bridgehead atoms. The van der Waals surface area contributed by atoms with E-state index < -0.39 is 11.5 Å². The molecule has 0 aromatic heterocycles. The van der Waals surface area contributed by atoms with Gasteiger partial charge >= 0.3 is 5.97 Å². The number of carboxylic acids is 1. The van der Waals surface area contributed by atoms with Crippen molar-refractivity contribution >= 4 is 17.7 Å². The van der Waals surface area contributed by atoms with E-state index >= 15 is 0 Å². The molecule has 2 heterocycles. The molecule has 2 rings (SSSR count). The summed E-state index contributed by atoms with van der Waals surface area (Å²) in [6.07, 6.45) is 3.10. The fourth-order valence-corrected chi connectivity index (χ4v) is 3.87. The van der Waals surface area contributed by atoms with Gasteiger partial charge in [-0.2, -0.15) is 11.8 Å². The molecule has 86 valence electrons. The Labute approximate surface area is 95.2 Å². The molecule has 0 aromatic carbocycles. The fraction of sp³-hybridized carbons (Fsp3) is 0.909. The standard InChI is InChI=1S/C11H19NO2S/c1-11(10(13)14)4-2-5-12(11)7-9-3-6-15-8-9/h9H,2-8H2,1H3,(H,13,14). The summed E-state index contributed by atoms with van der Waals surface area (Å²) in [5, 5.41) is 9.27. The van der Waals surface area contributed by atoms with E-state index in [1.54, 1.807) is 0 Å². The Bertz CT molecular complexity index is 253. The normalized spacial score (nSPS) is 37.3. The number of rotatable bonds is 3. The maximum atomic E-state index is 11.3. The zero-order valence-corrected chi connectivity index (χ0v) is 10.1. The Morgan fingerprint density at radius 1 is 1.67 bits per heavy atom. The van der Waals surface area contributed by atoms with Crippen LogP contribution in [-0.4, -0.2) is 46.1 Å². The van der Waals surface area contributed by atoms with Gasteiger partial charge in [0.25, 0.3) is 0 Å². The zero-order valence-electron chi connectivity index (χ0n) is 9.24. The second-order valence-electron chi connectivity index (χ2n) is 4.86. The molecule has 2 unspecified atom stereocenters.